The molecule has 0 aliphatic rings. The average molecular weight is 222 g/mol. The Balaban J connectivity index is 2.74. The quantitative estimate of drug-likeness (QED) is 0.636. The monoisotopic (exact) mass is 222 g/mol. The van der Waals surface area contributed by atoms with E-state index in [0.29, 0.717) is 17.7 Å². The maximum absolute atomic E-state index is 11.0. The van der Waals surface area contributed by atoms with Crippen LogP contribution in [0.5, 0.6) is 0 Å². The molecular formula is C12H18N2O2. The number of hydrogen-bond acceptors (Lipinski definition) is 3. The van der Waals surface area contributed by atoms with Gasteiger partial charge in [0.15, 0.2) is 0 Å². The first-order valence-electron chi connectivity index (χ1n) is 5.44. The summed E-state index contributed by atoms with van der Waals surface area (Å²) in [5.41, 5.74) is 12.4. The Bertz CT molecular complexity index is 353. The van der Waals surface area contributed by atoms with Crippen molar-refractivity contribution in [1.29, 1.82) is 0 Å². The second kappa shape index (κ2) is 6.25. The van der Waals surface area contributed by atoms with Gasteiger partial charge in [0.1, 0.15) is 0 Å². The summed E-state index contributed by atoms with van der Waals surface area (Å²) in [6, 6.07) is 6.65. The molecule has 0 saturated carbocycles. The summed E-state index contributed by atoms with van der Waals surface area (Å²) in [6.07, 6.45) is 2.61. The second-order valence-corrected chi connectivity index (χ2v) is 3.78. The molecule has 1 atom stereocenters. The van der Waals surface area contributed by atoms with Gasteiger partial charge in [-0.2, -0.15) is 0 Å². The van der Waals surface area contributed by atoms with E-state index in [1.807, 2.05) is 6.07 Å². The first-order valence-corrected chi connectivity index (χ1v) is 5.44. The predicted octanol–water partition coefficient (Wildman–Crippen LogP) is 1.51. The SMILES string of the molecule is NCCCC[C@H](N)c1ccccc1C(=O)O. The zero-order valence-electron chi connectivity index (χ0n) is 9.23. The van der Waals surface area contributed by atoms with Gasteiger partial charge in [0, 0.05) is 6.04 Å². The smallest absolute Gasteiger partial charge is 0.336 e. The summed E-state index contributed by atoms with van der Waals surface area (Å²) in [6.45, 7) is 0.646. The highest BCUT2D eigenvalue weighted by Crippen LogP contribution is 2.20. The molecule has 0 aliphatic carbocycles. The maximum atomic E-state index is 11.0. The lowest BCUT2D eigenvalue weighted by Crippen LogP contribution is -2.15. The third-order valence-electron chi connectivity index (χ3n) is 2.56. The van der Waals surface area contributed by atoms with Crippen LogP contribution < -0.4 is 11.5 Å². The minimum Gasteiger partial charge on any atom is -0.478 e. The van der Waals surface area contributed by atoms with E-state index in [1.54, 1.807) is 18.2 Å². The Kier molecular flexibility index (Phi) is 4.95. The average Bonchev–Trinajstić information content (AvgIpc) is 2.29. The van der Waals surface area contributed by atoms with E-state index < -0.39 is 5.97 Å². The van der Waals surface area contributed by atoms with E-state index in [1.165, 1.54) is 0 Å². The Morgan fingerprint density at radius 3 is 2.62 bits per heavy atom. The molecule has 4 nitrogen and oxygen atoms in total. The van der Waals surface area contributed by atoms with Crippen molar-refractivity contribution in [3.8, 4) is 0 Å². The lowest BCUT2D eigenvalue weighted by atomic mass is 9.97. The van der Waals surface area contributed by atoms with Crippen molar-refractivity contribution < 1.29 is 9.90 Å². The fraction of sp³-hybridized carbons (Fsp3) is 0.417. The van der Waals surface area contributed by atoms with Crippen LogP contribution in [0.4, 0.5) is 0 Å². The molecule has 0 fully saturated rings. The maximum Gasteiger partial charge on any atom is 0.336 e. The molecule has 0 aliphatic heterocycles. The van der Waals surface area contributed by atoms with Gasteiger partial charge in [-0.25, -0.2) is 4.79 Å². The molecular weight excluding hydrogens is 204 g/mol. The number of rotatable bonds is 6. The van der Waals surface area contributed by atoms with E-state index in [9.17, 15) is 4.79 Å². The summed E-state index contributed by atoms with van der Waals surface area (Å²) in [5.74, 6) is -0.926. The van der Waals surface area contributed by atoms with Crippen LogP contribution >= 0.6 is 0 Å². The molecule has 0 bridgehead atoms. The summed E-state index contributed by atoms with van der Waals surface area (Å²) < 4.78 is 0. The predicted molar refractivity (Wildman–Crippen MR) is 63.2 cm³/mol. The Hall–Kier alpha value is -1.39. The van der Waals surface area contributed by atoms with Gasteiger partial charge < -0.3 is 16.6 Å². The highest BCUT2D eigenvalue weighted by atomic mass is 16.4. The van der Waals surface area contributed by atoms with E-state index in [4.69, 9.17) is 16.6 Å². The van der Waals surface area contributed by atoms with Gasteiger partial charge in [0.05, 0.1) is 5.56 Å². The first-order chi connectivity index (χ1) is 7.66. The number of carboxylic acids is 1. The third kappa shape index (κ3) is 3.32. The van der Waals surface area contributed by atoms with Crippen LogP contribution in [-0.2, 0) is 0 Å². The Morgan fingerprint density at radius 2 is 2.00 bits per heavy atom. The molecule has 0 radical (unpaired) electrons. The summed E-state index contributed by atoms with van der Waals surface area (Å²) >= 11 is 0. The molecule has 0 aromatic heterocycles. The van der Waals surface area contributed by atoms with Crippen molar-refractivity contribution in [2.45, 2.75) is 25.3 Å². The van der Waals surface area contributed by atoms with Crippen LogP contribution in [0.25, 0.3) is 0 Å². The number of carbonyl (C=O) groups is 1. The van der Waals surface area contributed by atoms with Gasteiger partial charge in [-0.15, -0.1) is 0 Å². The van der Waals surface area contributed by atoms with Gasteiger partial charge in [0.2, 0.25) is 0 Å². The van der Waals surface area contributed by atoms with Crippen LogP contribution in [-0.4, -0.2) is 17.6 Å². The molecule has 0 heterocycles. The van der Waals surface area contributed by atoms with Gasteiger partial charge in [-0.05, 0) is 31.0 Å². The van der Waals surface area contributed by atoms with Crippen LogP contribution in [0, 0.1) is 0 Å². The number of hydrogen-bond donors (Lipinski definition) is 3. The van der Waals surface area contributed by atoms with Gasteiger partial charge in [-0.3, -0.25) is 0 Å². The molecule has 0 spiro atoms. The lowest BCUT2D eigenvalue weighted by Gasteiger charge is -2.14. The molecule has 4 heteroatoms. The van der Waals surface area contributed by atoms with E-state index in [2.05, 4.69) is 0 Å². The molecule has 1 aromatic carbocycles. The van der Waals surface area contributed by atoms with Gasteiger partial charge in [0.25, 0.3) is 0 Å². The molecule has 5 N–H and O–H groups in total. The Labute approximate surface area is 95.3 Å². The largest absolute Gasteiger partial charge is 0.478 e. The highest BCUT2D eigenvalue weighted by Gasteiger charge is 2.14. The van der Waals surface area contributed by atoms with Gasteiger partial charge >= 0.3 is 5.97 Å². The highest BCUT2D eigenvalue weighted by molar-refractivity contribution is 5.89. The van der Waals surface area contributed by atoms with Crippen LogP contribution in [0.2, 0.25) is 0 Å². The number of aromatic carboxylic acids is 1. The van der Waals surface area contributed by atoms with Crippen molar-refractivity contribution in [3.63, 3.8) is 0 Å². The van der Waals surface area contributed by atoms with Crippen molar-refractivity contribution in [3.05, 3.63) is 35.4 Å². The summed E-state index contributed by atoms with van der Waals surface area (Å²) in [7, 11) is 0. The zero-order valence-corrected chi connectivity index (χ0v) is 9.23. The fourth-order valence-electron chi connectivity index (χ4n) is 1.68. The van der Waals surface area contributed by atoms with Crippen molar-refractivity contribution >= 4 is 5.97 Å². The third-order valence-corrected chi connectivity index (χ3v) is 2.56. The van der Waals surface area contributed by atoms with Crippen LogP contribution in [0.15, 0.2) is 24.3 Å². The molecule has 0 amide bonds. The first kappa shape index (κ1) is 12.7. The van der Waals surface area contributed by atoms with Crippen LogP contribution in [0.1, 0.15) is 41.2 Å². The number of unbranched alkanes of at least 4 members (excludes halogenated alkanes) is 1. The topological polar surface area (TPSA) is 89.3 Å². The van der Waals surface area contributed by atoms with Crippen molar-refractivity contribution in [1.82, 2.24) is 0 Å². The second-order valence-electron chi connectivity index (χ2n) is 3.78. The normalized spacial score (nSPS) is 12.4. The fourth-order valence-corrected chi connectivity index (χ4v) is 1.68. The van der Waals surface area contributed by atoms with E-state index in [0.717, 1.165) is 19.3 Å². The van der Waals surface area contributed by atoms with Crippen molar-refractivity contribution in [2.24, 2.45) is 11.5 Å². The van der Waals surface area contributed by atoms with Crippen LogP contribution in [0.3, 0.4) is 0 Å². The molecule has 1 aromatic rings. The number of carboxylic acid groups (broad SMARTS) is 1. The number of nitrogens with two attached hydrogens (primary N) is 2. The lowest BCUT2D eigenvalue weighted by molar-refractivity contribution is 0.0695. The van der Waals surface area contributed by atoms with E-state index >= 15 is 0 Å². The van der Waals surface area contributed by atoms with Gasteiger partial charge in [-0.1, -0.05) is 24.6 Å². The summed E-state index contributed by atoms with van der Waals surface area (Å²) in [4.78, 5) is 11.0. The van der Waals surface area contributed by atoms with Crippen molar-refractivity contribution in [2.75, 3.05) is 6.54 Å². The molecule has 16 heavy (non-hydrogen) atoms. The minimum atomic E-state index is -0.926. The molecule has 0 unspecified atom stereocenters. The molecule has 1 rings (SSSR count). The summed E-state index contributed by atoms with van der Waals surface area (Å²) in [5, 5.41) is 9.01. The standard InChI is InChI=1S/C12H18N2O2/c13-8-4-3-7-11(14)9-5-1-2-6-10(9)12(15)16/h1-2,5-6,11H,3-4,7-8,13-14H2,(H,15,16)/t11-/m0/s1. The molecule has 88 valence electrons. The minimum absolute atomic E-state index is 0.223. The van der Waals surface area contributed by atoms with E-state index in [-0.39, 0.29) is 6.04 Å². The molecule has 0 saturated heterocycles. The zero-order chi connectivity index (χ0) is 12.0. The number of benzene rings is 1. The Morgan fingerprint density at radius 1 is 1.31 bits per heavy atom.